The third-order valence-electron chi connectivity index (χ3n) is 5.25. The van der Waals surface area contributed by atoms with E-state index in [1.807, 2.05) is 73.0 Å². The molecule has 2 nitrogen and oxygen atoms in total. The van der Waals surface area contributed by atoms with E-state index in [1.165, 1.54) is 28.4 Å². The number of carbonyl (C=O) groups excluding carboxylic acids is 2. The normalized spacial score (nSPS) is 12.4. The predicted octanol–water partition coefficient (Wildman–Crippen LogP) is 7.49. The number of benzene rings is 4. The molecule has 0 saturated heterocycles. The van der Waals surface area contributed by atoms with E-state index in [2.05, 4.69) is 12.1 Å². The second-order valence-electron chi connectivity index (χ2n) is 7.21. The van der Waals surface area contributed by atoms with Gasteiger partial charge in [-0.25, -0.2) is 0 Å². The zero-order chi connectivity index (χ0) is 22.1. The Morgan fingerprint density at radius 3 is 1.47 bits per heavy atom. The first-order valence-electron chi connectivity index (χ1n) is 10.1. The average molecular weight is 471 g/mol. The molecule has 156 valence electrons. The summed E-state index contributed by atoms with van der Waals surface area (Å²) >= 11 is 4.73. The van der Waals surface area contributed by atoms with Gasteiger partial charge in [-0.05, 0) is 54.8 Å². The fraction of sp³-hybridized carbons (Fsp3) is 0.0370. The van der Waals surface area contributed by atoms with Gasteiger partial charge in [-0.3, -0.25) is 9.59 Å². The van der Waals surface area contributed by atoms with Crippen LogP contribution >= 0.6 is 35.3 Å². The molecule has 5 heteroatoms. The van der Waals surface area contributed by atoms with Crippen LogP contribution < -0.4 is 0 Å². The Morgan fingerprint density at radius 2 is 0.969 bits per heavy atom. The molecule has 0 saturated carbocycles. The molecule has 0 N–H and O–H groups in total. The maximum atomic E-state index is 13.6. The summed E-state index contributed by atoms with van der Waals surface area (Å²) < 4.78 is 0. The second-order valence-corrected chi connectivity index (χ2v) is 10.3. The number of fused-ring (bicyclic) bond motifs is 2. The summed E-state index contributed by atoms with van der Waals surface area (Å²) in [5.74, 6) is -0.178. The first-order valence-corrected chi connectivity index (χ1v) is 12.9. The molecular formula is C27H18O2S3. The van der Waals surface area contributed by atoms with E-state index < -0.39 is 0 Å². The van der Waals surface area contributed by atoms with Crippen molar-refractivity contribution < 1.29 is 9.59 Å². The zero-order valence-corrected chi connectivity index (χ0v) is 19.7. The van der Waals surface area contributed by atoms with Crippen LogP contribution in [0.15, 0.2) is 115 Å². The fourth-order valence-corrected chi connectivity index (χ4v) is 6.12. The zero-order valence-electron chi connectivity index (χ0n) is 17.2. The Labute approximate surface area is 199 Å². The SMILES string of the molecule is CSc1ccc(Sc2cccc3c2C(=O)c2cccc(Sc4ccccc4)c2C3=O)cc1. The smallest absolute Gasteiger partial charge is 0.195 e. The quantitative estimate of drug-likeness (QED) is 0.249. The van der Waals surface area contributed by atoms with E-state index in [1.54, 1.807) is 23.9 Å². The maximum Gasteiger partial charge on any atom is 0.195 e. The number of thioether (sulfide) groups is 1. The number of carbonyl (C=O) groups is 2. The maximum absolute atomic E-state index is 13.6. The van der Waals surface area contributed by atoms with Gasteiger partial charge in [0, 0.05) is 46.7 Å². The van der Waals surface area contributed by atoms with Crippen molar-refractivity contribution in [1.82, 2.24) is 0 Å². The first-order chi connectivity index (χ1) is 15.7. The highest BCUT2D eigenvalue weighted by molar-refractivity contribution is 8.00. The molecule has 0 aromatic heterocycles. The molecule has 1 aliphatic rings. The minimum atomic E-state index is -0.0891. The number of hydrogen-bond donors (Lipinski definition) is 0. The monoisotopic (exact) mass is 470 g/mol. The van der Waals surface area contributed by atoms with Crippen molar-refractivity contribution in [3.8, 4) is 0 Å². The van der Waals surface area contributed by atoms with Crippen LogP contribution in [0.3, 0.4) is 0 Å². The molecule has 0 amide bonds. The molecule has 1 aliphatic carbocycles. The van der Waals surface area contributed by atoms with Crippen LogP contribution in [0.25, 0.3) is 0 Å². The minimum Gasteiger partial charge on any atom is -0.289 e. The van der Waals surface area contributed by atoms with Crippen LogP contribution in [0.5, 0.6) is 0 Å². The van der Waals surface area contributed by atoms with Gasteiger partial charge in [0.2, 0.25) is 0 Å². The van der Waals surface area contributed by atoms with Crippen LogP contribution in [0, 0.1) is 0 Å². The average Bonchev–Trinajstić information content (AvgIpc) is 2.83. The summed E-state index contributed by atoms with van der Waals surface area (Å²) in [5.41, 5.74) is 1.97. The predicted molar refractivity (Wildman–Crippen MR) is 133 cm³/mol. The molecule has 0 unspecified atom stereocenters. The van der Waals surface area contributed by atoms with Gasteiger partial charge in [-0.15, -0.1) is 11.8 Å². The standard InChI is InChI=1S/C27H18O2S3/c1-30-17-13-15-19(16-14-17)32-23-12-6-10-21-25(23)27(29)20-9-5-11-22(24(20)26(21)28)31-18-7-3-2-4-8-18/h2-16H,1H3. The Bertz CT molecular complexity index is 1330. The van der Waals surface area contributed by atoms with Gasteiger partial charge >= 0.3 is 0 Å². The van der Waals surface area contributed by atoms with E-state index in [0.29, 0.717) is 22.3 Å². The Morgan fingerprint density at radius 1 is 0.500 bits per heavy atom. The lowest BCUT2D eigenvalue weighted by atomic mass is 9.84. The fourth-order valence-electron chi connectivity index (χ4n) is 3.73. The van der Waals surface area contributed by atoms with E-state index in [9.17, 15) is 9.59 Å². The summed E-state index contributed by atoms with van der Waals surface area (Å²) in [7, 11) is 0. The summed E-state index contributed by atoms with van der Waals surface area (Å²) in [6.07, 6.45) is 2.04. The molecule has 0 heterocycles. The lowest BCUT2D eigenvalue weighted by Crippen LogP contribution is -2.22. The van der Waals surface area contributed by atoms with Crippen molar-refractivity contribution in [1.29, 1.82) is 0 Å². The van der Waals surface area contributed by atoms with E-state index in [-0.39, 0.29) is 11.6 Å². The Balaban J connectivity index is 1.55. The Kier molecular flexibility index (Phi) is 5.96. The topological polar surface area (TPSA) is 34.1 Å². The number of rotatable bonds is 5. The van der Waals surface area contributed by atoms with Gasteiger partial charge < -0.3 is 0 Å². The number of ketones is 2. The largest absolute Gasteiger partial charge is 0.289 e. The molecule has 4 aromatic rings. The summed E-state index contributed by atoms with van der Waals surface area (Å²) in [4.78, 5) is 32.0. The lowest BCUT2D eigenvalue weighted by molar-refractivity contribution is 0.0974. The van der Waals surface area contributed by atoms with Crippen LogP contribution in [0.4, 0.5) is 0 Å². The molecule has 0 fully saturated rings. The molecular weight excluding hydrogens is 452 g/mol. The molecule has 0 radical (unpaired) electrons. The van der Waals surface area contributed by atoms with Crippen molar-refractivity contribution in [2.75, 3.05) is 6.26 Å². The third-order valence-corrected chi connectivity index (χ3v) is 8.13. The highest BCUT2D eigenvalue weighted by atomic mass is 32.2. The second kappa shape index (κ2) is 9.02. The van der Waals surface area contributed by atoms with E-state index in [4.69, 9.17) is 0 Å². The minimum absolute atomic E-state index is 0.0889. The lowest BCUT2D eigenvalue weighted by Gasteiger charge is -2.22. The highest BCUT2D eigenvalue weighted by Gasteiger charge is 2.33. The highest BCUT2D eigenvalue weighted by Crippen LogP contribution is 2.41. The molecule has 0 aliphatic heterocycles. The van der Waals surface area contributed by atoms with Gasteiger partial charge in [0.05, 0.1) is 0 Å². The van der Waals surface area contributed by atoms with Crippen LogP contribution in [-0.2, 0) is 0 Å². The summed E-state index contributed by atoms with van der Waals surface area (Å²) in [5, 5.41) is 0. The number of hydrogen-bond acceptors (Lipinski definition) is 5. The van der Waals surface area contributed by atoms with Crippen LogP contribution in [-0.4, -0.2) is 17.8 Å². The first kappa shape index (κ1) is 21.1. The van der Waals surface area contributed by atoms with E-state index in [0.717, 1.165) is 19.6 Å². The summed E-state index contributed by atoms with van der Waals surface area (Å²) in [6.45, 7) is 0. The van der Waals surface area contributed by atoms with Crippen molar-refractivity contribution >= 4 is 46.9 Å². The molecule has 4 aromatic carbocycles. The van der Waals surface area contributed by atoms with Gasteiger partial charge in [0.1, 0.15) is 0 Å². The van der Waals surface area contributed by atoms with Crippen molar-refractivity contribution in [3.05, 3.63) is 113 Å². The van der Waals surface area contributed by atoms with Crippen molar-refractivity contribution in [3.63, 3.8) is 0 Å². The van der Waals surface area contributed by atoms with E-state index >= 15 is 0 Å². The van der Waals surface area contributed by atoms with Gasteiger partial charge in [0.15, 0.2) is 11.6 Å². The van der Waals surface area contributed by atoms with Crippen molar-refractivity contribution in [2.24, 2.45) is 0 Å². The van der Waals surface area contributed by atoms with Gasteiger partial charge in [0.25, 0.3) is 0 Å². The molecule has 0 bridgehead atoms. The molecule has 0 spiro atoms. The van der Waals surface area contributed by atoms with Crippen LogP contribution in [0.2, 0.25) is 0 Å². The van der Waals surface area contributed by atoms with Crippen LogP contribution in [0.1, 0.15) is 31.8 Å². The van der Waals surface area contributed by atoms with Gasteiger partial charge in [-0.1, -0.05) is 66.0 Å². The molecule has 5 rings (SSSR count). The Hall–Kier alpha value is -2.73. The third kappa shape index (κ3) is 3.92. The molecule has 32 heavy (non-hydrogen) atoms. The molecule has 0 atom stereocenters. The van der Waals surface area contributed by atoms with Gasteiger partial charge in [-0.2, -0.15) is 0 Å². The summed E-state index contributed by atoms with van der Waals surface area (Å²) in [6, 6.07) is 29.2. The van der Waals surface area contributed by atoms with Crippen molar-refractivity contribution in [2.45, 2.75) is 24.5 Å².